The summed E-state index contributed by atoms with van der Waals surface area (Å²) >= 11 is 3.58. The maximum absolute atomic E-state index is 10.4. The average Bonchev–Trinajstić information content (AvgIpc) is 3.43. The molecular weight excluding hydrogens is 364 g/mol. The normalized spacial score (nSPS) is 14.0. The molecule has 1 aliphatic rings. The summed E-state index contributed by atoms with van der Waals surface area (Å²) in [6.45, 7) is 10.8. The summed E-state index contributed by atoms with van der Waals surface area (Å²) in [6.07, 6.45) is 4.30. The van der Waals surface area contributed by atoms with Gasteiger partial charge in [0.15, 0.2) is 0 Å². The molecule has 1 aliphatic carbocycles. The summed E-state index contributed by atoms with van der Waals surface area (Å²) in [6, 6.07) is 7.09. The first kappa shape index (κ1) is 21.3. The molecule has 0 heterocycles. The second kappa shape index (κ2) is 11.6. The number of hydrogen-bond donors (Lipinski definition) is 2. The monoisotopic (exact) mass is 394 g/mol. The first-order chi connectivity index (χ1) is 12.6. The van der Waals surface area contributed by atoms with Gasteiger partial charge in [0.2, 0.25) is 6.41 Å². The fraction of sp³-hybridized carbons (Fsp3) is 0.579. The zero-order valence-electron chi connectivity index (χ0n) is 15.7. The number of aliphatic imine (C=N–C) groups is 1. The second-order valence-electron chi connectivity index (χ2n) is 6.85. The van der Waals surface area contributed by atoms with Crippen LogP contribution >= 0.6 is 23.7 Å². The van der Waals surface area contributed by atoms with E-state index in [1.807, 2.05) is 0 Å². The number of thioether (sulfide) groups is 1. The molecule has 1 fully saturated rings. The van der Waals surface area contributed by atoms with E-state index >= 15 is 0 Å². The van der Waals surface area contributed by atoms with E-state index in [4.69, 9.17) is 0 Å². The van der Waals surface area contributed by atoms with Crippen molar-refractivity contribution in [2.45, 2.75) is 48.9 Å². The molecule has 1 amide bonds. The Kier molecular flexibility index (Phi) is 9.53. The van der Waals surface area contributed by atoms with Gasteiger partial charge in [0.25, 0.3) is 0 Å². The molecule has 0 unspecified atom stereocenters. The quantitative estimate of drug-likeness (QED) is 0.125. The minimum Gasteiger partial charge on any atom is -0.359 e. The topological polar surface area (TPSA) is 56.7 Å². The van der Waals surface area contributed by atoms with Gasteiger partial charge in [-0.05, 0) is 62.0 Å². The molecule has 0 atom stereocenters. The summed E-state index contributed by atoms with van der Waals surface area (Å²) in [5, 5.41) is 6.27. The highest BCUT2D eigenvalue weighted by Gasteiger charge is 2.20. The molecule has 144 valence electrons. The van der Waals surface area contributed by atoms with Crippen molar-refractivity contribution in [1.82, 2.24) is 14.9 Å². The van der Waals surface area contributed by atoms with Crippen molar-refractivity contribution in [1.29, 1.82) is 0 Å². The Labute approximate surface area is 165 Å². The maximum atomic E-state index is 10.4. The number of amides is 1. The lowest BCUT2D eigenvalue weighted by Gasteiger charge is -2.23. The van der Waals surface area contributed by atoms with Crippen molar-refractivity contribution in [2.75, 3.05) is 25.5 Å². The molecule has 2 rings (SSSR count). The van der Waals surface area contributed by atoms with Gasteiger partial charge in [0, 0.05) is 41.3 Å². The fourth-order valence-electron chi connectivity index (χ4n) is 2.47. The van der Waals surface area contributed by atoms with E-state index in [-0.39, 0.29) is 0 Å². The van der Waals surface area contributed by atoms with Crippen LogP contribution in [0.4, 0.5) is 5.69 Å². The Balaban J connectivity index is 1.95. The van der Waals surface area contributed by atoms with Gasteiger partial charge in [-0.1, -0.05) is 13.8 Å². The summed E-state index contributed by atoms with van der Waals surface area (Å²) in [4.78, 5) is 16.9. The van der Waals surface area contributed by atoms with Crippen LogP contribution in [-0.4, -0.2) is 49.0 Å². The number of carbonyl (C=O) groups is 1. The van der Waals surface area contributed by atoms with Gasteiger partial charge in [-0.15, -0.1) is 11.8 Å². The number of hydrogen-bond acceptors (Lipinski definition) is 6. The summed E-state index contributed by atoms with van der Waals surface area (Å²) in [7, 11) is 0. The Hall–Kier alpha value is -1.02. The molecule has 5 nitrogen and oxygen atoms in total. The summed E-state index contributed by atoms with van der Waals surface area (Å²) in [5.74, 6) is 1.50. The molecule has 1 saturated carbocycles. The van der Waals surface area contributed by atoms with Crippen molar-refractivity contribution >= 4 is 42.5 Å². The molecule has 7 heteroatoms. The van der Waals surface area contributed by atoms with Gasteiger partial charge in [-0.2, -0.15) is 0 Å². The number of nitrogens with zero attached hydrogens (tertiary/aromatic N) is 2. The minimum absolute atomic E-state index is 0.590. The molecule has 1 aromatic rings. The van der Waals surface area contributed by atoms with E-state index in [9.17, 15) is 4.79 Å². The lowest BCUT2D eigenvalue weighted by molar-refractivity contribution is -0.109. The van der Waals surface area contributed by atoms with Crippen LogP contribution < -0.4 is 10.6 Å². The highest BCUT2D eigenvalue weighted by Crippen LogP contribution is 2.35. The predicted octanol–water partition coefficient (Wildman–Crippen LogP) is 3.92. The van der Waals surface area contributed by atoms with Crippen LogP contribution in [0.2, 0.25) is 0 Å². The summed E-state index contributed by atoms with van der Waals surface area (Å²) in [5.41, 5.74) is 0.947. The highest BCUT2D eigenvalue weighted by molar-refractivity contribution is 7.99. The molecule has 0 aromatic heterocycles. The van der Waals surface area contributed by atoms with Crippen LogP contribution in [0, 0.1) is 5.92 Å². The van der Waals surface area contributed by atoms with Crippen LogP contribution in [0.1, 0.15) is 33.1 Å². The number of rotatable bonds is 14. The Bertz CT molecular complexity index is 579. The standard InChI is InChI=1S/C19H30N4OS2/c1-15(2)12-23(10-4-9-21-13-24)26-17-7-8-18(20-3)19(11-17)25-14-22-16-5-6-16/h7-8,11,13,15-16,22H,3-6,9-10,12,14H2,1-2H3,(H,21,24). The van der Waals surface area contributed by atoms with Gasteiger partial charge in [-0.25, -0.2) is 4.31 Å². The van der Waals surface area contributed by atoms with Crippen molar-refractivity contribution in [3.63, 3.8) is 0 Å². The van der Waals surface area contributed by atoms with E-state index in [1.54, 1.807) is 23.7 Å². The second-order valence-corrected chi connectivity index (χ2v) is 9.04. The van der Waals surface area contributed by atoms with E-state index in [1.165, 1.54) is 22.6 Å². The van der Waals surface area contributed by atoms with Crippen molar-refractivity contribution in [2.24, 2.45) is 10.9 Å². The van der Waals surface area contributed by atoms with Gasteiger partial charge < -0.3 is 10.6 Å². The van der Waals surface area contributed by atoms with Crippen molar-refractivity contribution in [3.05, 3.63) is 18.2 Å². The molecular formula is C19H30N4OS2. The molecule has 0 saturated heterocycles. The number of benzene rings is 1. The lowest BCUT2D eigenvalue weighted by atomic mass is 10.2. The molecule has 26 heavy (non-hydrogen) atoms. The highest BCUT2D eigenvalue weighted by atomic mass is 32.2. The molecule has 0 radical (unpaired) electrons. The Morgan fingerprint density at radius 2 is 2.23 bits per heavy atom. The largest absolute Gasteiger partial charge is 0.359 e. The molecule has 1 aromatic carbocycles. The van der Waals surface area contributed by atoms with Gasteiger partial charge in [0.05, 0.1) is 5.69 Å². The van der Waals surface area contributed by atoms with Crippen LogP contribution in [0.15, 0.2) is 33.0 Å². The lowest BCUT2D eigenvalue weighted by Crippen LogP contribution is -2.25. The third kappa shape index (κ3) is 8.12. The predicted molar refractivity (Wildman–Crippen MR) is 113 cm³/mol. The van der Waals surface area contributed by atoms with E-state index < -0.39 is 0 Å². The molecule has 0 aliphatic heterocycles. The zero-order valence-corrected chi connectivity index (χ0v) is 17.4. The first-order valence-electron chi connectivity index (χ1n) is 9.19. The van der Waals surface area contributed by atoms with E-state index in [0.717, 1.165) is 37.5 Å². The average molecular weight is 395 g/mol. The van der Waals surface area contributed by atoms with Crippen LogP contribution in [0.5, 0.6) is 0 Å². The van der Waals surface area contributed by atoms with Crippen LogP contribution in [0.3, 0.4) is 0 Å². The van der Waals surface area contributed by atoms with Crippen LogP contribution in [-0.2, 0) is 4.79 Å². The summed E-state index contributed by atoms with van der Waals surface area (Å²) < 4.78 is 2.38. The van der Waals surface area contributed by atoms with Gasteiger partial charge in [-0.3, -0.25) is 9.79 Å². The molecule has 0 spiro atoms. The number of carbonyl (C=O) groups excluding carboxylic acids is 1. The SMILES string of the molecule is C=Nc1ccc(SN(CCCNC=O)CC(C)C)cc1SCNC1CC1. The van der Waals surface area contributed by atoms with Crippen molar-refractivity contribution in [3.8, 4) is 0 Å². The van der Waals surface area contributed by atoms with Crippen LogP contribution in [0.25, 0.3) is 0 Å². The smallest absolute Gasteiger partial charge is 0.207 e. The molecule has 2 N–H and O–H groups in total. The third-order valence-electron chi connectivity index (χ3n) is 3.89. The van der Waals surface area contributed by atoms with E-state index in [0.29, 0.717) is 18.5 Å². The Morgan fingerprint density at radius 1 is 1.42 bits per heavy atom. The fourth-order valence-corrected chi connectivity index (χ4v) is 4.70. The van der Waals surface area contributed by atoms with Gasteiger partial charge >= 0.3 is 0 Å². The third-order valence-corrected chi connectivity index (χ3v) is 5.90. The Morgan fingerprint density at radius 3 is 2.88 bits per heavy atom. The number of nitrogens with one attached hydrogen (secondary N) is 2. The maximum Gasteiger partial charge on any atom is 0.207 e. The zero-order chi connectivity index (χ0) is 18.8. The van der Waals surface area contributed by atoms with Gasteiger partial charge in [0.1, 0.15) is 0 Å². The van der Waals surface area contributed by atoms with E-state index in [2.05, 4.69) is 58.7 Å². The minimum atomic E-state index is 0.590. The van der Waals surface area contributed by atoms with Crippen molar-refractivity contribution < 1.29 is 4.79 Å². The first-order valence-corrected chi connectivity index (χ1v) is 10.9. The molecule has 0 bridgehead atoms.